The molecule has 1 aliphatic rings. The van der Waals surface area contributed by atoms with Gasteiger partial charge < -0.3 is 0 Å². The zero-order valence-corrected chi connectivity index (χ0v) is 8.69. The molecule has 0 spiro atoms. The second kappa shape index (κ2) is 4.87. The van der Waals surface area contributed by atoms with Gasteiger partial charge >= 0.3 is 0 Å². The number of carbonyl (C=O) groups is 1. The first-order valence-corrected chi connectivity index (χ1v) is 5.60. The lowest BCUT2D eigenvalue weighted by Crippen LogP contribution is -2.31. The highest BCUT2D eigenvalue weighted by Crippen LogP contribution is 2.20. The molecular formula is C9H17NOS. The highest BCUT2D eigenvalue weighted by Gasteiger charge is 2.22. The summed E-state index contributed by atoms with van der Waals surface area (Å²) < 4.78 is 0. The summed E-state index contributed by atoms with van der Waals surface area (Å²) in [6.07, 6.45) is 2.57. The van der Waals surface area contributed by atoms with Crippen molar-refractivity contribution in [1.29, 1.82) is 0 Å². The highest BCUT2D eigenvalue weighted by atomic mass is 32.2. The Hall–Kier alpha value is -0.0200. The van der Waals surface area contributed by atoms with E-state index in [4.69, 9.17) is 0 Å². The van der Waals surface area contributed by atoms with Crippen LogP contribution in [0.5, 0.6) is 0 Å². The normalized spacial score (nSPS) is 24.7. The van der Waals surface area contributed by atoms with Crippen molar-refractivity contribution in [3.8, 4) is 0 Å². The lowest BCUT2D eigenvalue weighted by molar-refractivity contribution is -0.109. The maximum Gasteiger partial charge on any atom is 0.185 e. The summed E-state index contributed by atoms with van der Waals surface area (Å²) in [4.78, 5) is 13.2. The van der Waals surface area contributed by atoms with Crippen molar-refractivity contribution in [2.45, 2.75) is 32.7 Å². The topological polar surface area (TPSA) is 20.3 Å². The maximum absolute atomic E-state index is 10.7. The van der Waals surface area contributed by atoms with Crippen molar-refractivity contribution in [2.75, 3.05) is 18.8 Å². The van der Waals surface area contributed by atoms with E-state index in [1.54, 1.807) is 6.92 Å². The summed E-state index contributed by atoms with van der Waals surface area (Å²) in [7, 11) is 0. The quantitative estimate of drug-likeness (QED) is 0.671. The molecule has 0 amide bonds. The molecular weight excluding hydrogens is 170 g/mol. The monoisotopic (exact) mass is 187 g/mol. The summed E-state index contributed by atoms with van der Waals surface area (Å²) in [5, 5.41) is 0.248. The Kier molecular flexibility index (Phi) is 4.09. The van der Waals surface area contributed by atoms with Gasteiger partial charge in [0.05, 0.1) is 0 Å². The first kappa shape index (κ1) is 10.1. The summed E-state index contributed by atoms with van der Waals surface area (Å²) in [5.41, 5.74) is 0. The first-order valence-electron chi connectivity index (χ1n) is 4.61. The molecule has 0 aromatic rings. The van der Waals surface area contributed by atoms with Gasteiger partial charge in [0.25, 0.3) is 0 Å². The molecule has 0 radical (unpaired) electrons. The van der Waals surface area contributed by atoms with E-state index in [0.29, 0.717) is 6.04 Å². The van der Waals surface area contributed by atoms with Crippen LogP contribution in [0.4, 0.5) is 0 Å². The molecule has 1 atom stereocenters. The lowest BCUT2D eigenvalue weighted by Gasteiger charge is -2.21. The van der Waals surface area contributed by atoms with Crippen LogP contribution in [0.1, 0.15) is 26.7 Å². The SMILES string of the molecule is CCN1CCC[C@H]1CSC(C)=O. The molecule has 0 N–H and O–H groups in total. The van der Waals surface area contributed by atoms with Crippen molar-refractivity contribution in [3.63, 3.8) is 0 Å². The molecule has 0 aromatic carbocycles. The van der Waals surface area contributed by atoms with Crippen LogP contribution in [0.25, 0.3) is 0 Å². The minimum absolute atomic E-state index is 0.248. The molecule has 1 heterocycles. The first-order chi connectivity index (χ1) is 5.74. The van der Waals surface area contributed by atoms with Gasteiger partial charge in [-0.1, -0.05) is 18.7 Å². The van der Waals surface area contributed by atoms with Crippen LogP contribution in [-0.2, 0) is 4.79 Å². The van der Waals surface area contributed by atoms with E-state index in [9.17, 15) is 4.79 Å². The van der Waals surface area contributed by atoms with Crippen LogP contribution < -0.4 is 0 Å². The predicted octanol–water partition coefficient (Wildman–Crippen LogP) is 1.75. The summed E-state index contributed by atoms with van der Waals surface area (Å²) >= 11 is 1.47. The average molecular weight is 187 g/mol. The summed E-state index contributed by atoms with van der Waals surface area (Å²) in [6, 6.07) is 0.656. The van der Waals surface area contributed by atoms with Crippen LogP contribution in [0.2, 0.25) is 0 Å². The van der Waals surface area contributed by atoms with Gasteiger partial charge in [-0.2, -0.15) is 0 Å². The van der Waals surface area contributed by atoms with Gasteiger partial charge in [0, 0.05) is 18.7 Å². The third-order valence-corrected chi connectivity index (χ3v) is 3.34. The Morgan fingerprint density at radius 2 is 2.42 bits per heavy atom. The van der Waals surface area contributed by atoms with Gasteiger partial charge in [0.1, 0.15) is 0 Å². The molecule has 0 unspecified atom stereocenters. The number of nitrogens with zero attached hydrogens (tertiary/aromatic N) is 1. The van der Waals surface area contributed by atoms with E-state index in [2.05, 4.69) is 11.8 Å². The zero-order chi connectivity index (χ0) is 8.97. The Balaban J connectivity index is 2.26. The standard InChI is InChI=1S/C9H17NOS/c1-3-10-6-4-5-9(10)7-12-8(2)11/h9H,3-7H2,1-2H3/t9-/m0/s1. The fraction of sp³-hybridized carbons (Fsp3) is 0.889. The largest absolute Gasteiger partial charge is 0.300 e. The molecule has 0 bridgehead atoms. The molecule has 1 saturated heterocycles. The van der Waals surface area contributed by atoms with Crippen molar-refractivity contribution >= 4 is 16.9 Å². The van der Waals surface area contributed by atoms with E-state index in [1.165, 1.54) is 31.1 Å². The average Bonchev–Trinajstić information content (AvgIpc) is 2.47. The van der Waals surface area contributed by atoms with Gasteiger partial charge in [-0.15, -0.1) is 0 Å². The molecule has 1 aliphatic heterocycles. The smallest absolute Gasteiger partial charge is 0.185 e. The molecule has 1 fully saturated rings. The molecule has 1 rings (SSSR count). The third-order valence-electron chi connectivity index (χ3n) is 2.38. The number of hydrogen-bond donors (Lipinski definition) is 0. The Morgan fingerprint density at radius 1 is 1.67 bits per heavy atom. The number of thioether (sulfide) groups is 1. The predicted molar refractivity (Wildman–Crippen MR) is 53.4 cm³/mol. The maximum atomic E-state index is 10.7. The number of likely N-dealkylation sites (tertiary alicyclic amines) is 1. The van der Waals surface area contributed by atoms with Crippen molar-refractivity contribution in [2.24, 2.45) is 0 Å². The van der Waals surface area contributed by atoms with Crippen LogP contribution in [0.3, 0.4) is 0 Å². The molecule has 12 heavy (non-hydrogen) atoms. The molecule has 0 aliphatic carbocycles. The minimum Gasteiger partial charge on any atom is -0.300 e. The fourth-order valence-electron chi connectivity index (χ4n) is 1.71. The highest BCUT2D eigenvalue weighted by molar-refractivity contribution is 8.13. The van der Waals surface area contributed by atoms with E-state index in [0.717, 1.165) is 12.3 Å². The van der Waals surface area contributed by atoms with Gasteiger partial charge in [0.15, 0.2) is 5.12 Å². The fourth-order valence-corrected chi connectivity index (χ4v) is 2.52. The van der Waals surface area contributed by atoms with Crippen molar-refractivity contribution in [1.82, 2.24) is 4.90 Å². The van der Waals surface area contributed by atoms with E-state index in [-0.39, 0.29) is 5.12 Å². The molecule has 70 valence electrons. The van der Waals surface area contributed by atoms with Gasteiger partial charge in [-0.3, -0.25) is 9.69 Å². The Labute approximate surface area is 78.7 Å². The summed E-state index contributed by atoms with van der Waals surface area (Å²) in [5.74, 6) is 0.989. The van der Waals surface area contributed by atoms with Crippen LogP contribution >= 0.6 is 11.8 Å². The third kappa shape index (κ3) is 2.79. The molecule has 0 aromatic heterocycles. The second-order valence-corrected chi connectivity index (χ2v) is 4.42. The van der Waals surface area contributed by atoms with Crippen molar-refractivity contribution in [3.05, 3.63) is 0 Å². The van der Waals surface area contributed by atoms with Gasteiger partial charge in [0.2, 0.25) is 0 Å². The zero-order valence-electron chi connectivity index (χ0n) is 7.88. The van der Waals surface area contributed by atoms with E-state index >= 15 is 0 Å². The van der Waals surface area contributed by atoms with E-state index < -0.39 is 0 Å². The number of carbonyl (C=O) groups excluding carboxylic acids is 1. The van der Waals surface area contributed by atoms with E-state index in [1.807, 2.05) is 0 Å². The number of hydrogen-bond acceptors (Lipinski definition) is 3. The Bertz CT molecular complexity index is 161. The molecule has 3 heteroatoms. The van der Waals surface area contributed by atoms with Gasteiger partial charge in [-0.25, -0.2) is 0 Å². The van der Waals surface area contributed by atoms with Gasteiger partial charge in [-0.05, 0) is 25.9 Å². The molecule has 0 saturated carbocycles. The Morgan fingerprint density at radius 3 is 3.00 bits per heavy atom. The van der Waals surface area contributed by atoms with Crippen LogP contribution in [-0.4, -0.2) is 34.9 Å². The lowest BCUT2D eigenvalue weighted by atomic mass is 10.2. The van der Waals surface area contributed by atoms with Crippen molar-refractivity contribution < 1.29 is 4.79 Å². The second-order valence-electron chi connectivity index (χ2n) is 3.23. The molecule has 2 nitrogen and oxygen atoms in total. The van der Waals surface area contributed by atoms with Crippen LogP contribution in [0, 0.1) is 0 Å². The number of rotatable bonds is 3. The van der Waals surface area contributed by atoms with Crippen LogP contribution in [0.15, 0.2) is 0 Å². The summed E-state index contributed by atoms with van der Waals surface area (Å²) in [6.45, 7) is 6.19. The minimum atomic E-state index is 0.248.